The fourth-order valence-electron chi connectivity index (χ4n) is 2.34. The van der Waals surface area contributed by atoms with Gasteiger partial charge in [-0.15, -0.1) is 0 Å². The molecule has 0 unspecified atom stereocenters. The summed E-state index contributed by atoms with van der Waals surface area (Å²) in [6, 6.07) is 4.24. The largest absolute Gasteiger partial charge is 0.397 e. The molecule has 2 rings (SSSR count). The summed E-state index contributed by atoms with van der Waals surface area (Å²) >= 11 is 0. The van der Waals surface area contributed by atoms with Gasteiger partial charge in [0.2, 0.25) is 10.0 Å². The number of aliphatic hydroxyl groups is 1. The van der Waals surface area contributed by atoms with Gasteiger partial charge in [0, 0.05) is 6.54 Å². The summed E-state index contributed by atoms with van der Waals surface area (Å²) in [7, 11) is -3.75. The minimum Gasteiger partial charge on any atom is -0.397 e. The Kier molecular flexibility index (Phi) is 3.71. The number of rotatable bonds is 4. The highest BCUT2D eigenvalue weighted by Gasteiger charge is 2.30. The van der Waals surface area contributed by atoms with Crippen molar-refractivity contribution in [2.75, 3.05) is 17.6 Å². The highest BCUT2D eigenvalue weighted by Crippen LogP contribution is 2.30. The summed E-state index contributed by atoms with van der Waals surface area (Å²) in [6.45, 7) is 0.352. The zero-order chi connectivity index (χ0) is 14.1. The summed E-state index contributed by atoms with van der Waals surface area (Å²) in [5, 5.41) is 18.3. The van der Waals surface area contributed by atoms with Gasteiger partial charge >= 0.3 is 0 Å². The number of sulfonamides is 1. The van der Waals surface area contributed by atoms with Crippen molar-refractivity contribution < 1.29 is 13.5 Å². The predicted molar refractivity (Wildman–Crippen MR) is 74.1 cm³/mol. The maximum Gasteiger partial charge on any atom is 0.238 e. The summed E-state index contributed by atoms with van der Waals surface area (Å²) in [5.74, 6) is 0. The molecule has 0 amide bonds. The lowest BCUT2D eigenvalue weighted by atomic mass is 10.0. The van der Waals surface area contributed by atoms with Crippen LogP contribution in [0, 0.1) is 0 Å². The first kappa shape index (κ1) is 14.1. The van der Waals surface area contributed by atoms with E-state index in [4.69, 9.17) is 10.9 Å². The molecule has 0 aliphatic heterocycles. The first-order valence-corrected chi connectivity index (χ1v) is 7.73. The van der Waals surface area contributed by atoms with Gasteiger partial charge in [-0.3, -0.25) is 0 Å². The van der Waals surface area contributed by atoms with Crippen molar-refractivity contribution in [3.05, 3.63) is 18.2 Å². The van der Waals surface area contributed by atoms with Crippen LogP contribution in [0.2, 0.25) is 0 Å². The van der Waals surface area contributed by atoms with Crippen LogP contribution < -0.4 is 16.2 Å². The monoisotopic (exact) mass is 285 g/mol. The highest BCUT2D eigenvalue weighted by molar-refractivity contribution is 7.89. The highest BCUT2D eigenvalue weighted by atomic mass is 32.2. The molecule has 1 aromatic carbocycles. The molecule has 1 fully saturated rings. The minimum absolute atomic E-state index is 0.00242. The van der Waals surface area contributed by atoms with Crippen molar-refractivity contribution in [2.45, 2.75) is 36.2 Å². The second kappa shape index (κ2) is 4.99. The zero-order valence-corrected chi connectivity index (χ0v) is 11.4. The molecule has 0 spiro atoms. The number of nitrogens with two attached hydrogens (primary N) is 2. The molecule has 1 aromatic rings. The Morgan fingerprint density at radius 2 is 1.95 bits per heavy atom. The molecule has 0 saturated heterocycles. The van der Waals surface area contributed by atoms with Crippen LogP contribution in [0.25, 0.3) is 0 Å². The van der Waals surface area contributed by atoms with Gasteiger partial charge in [0.25, 0.3) is 0 Å². The van der Waals surface area contributed by atoms with Crippen molar-refractivity contribution in [1.29, 1.82) is 0 Å². The van der Waals surface area contributed by atoms with E-state index in [1.54, 1.807) is 0 Å². The van der Waals surface area contributed by atoms with Crippen molar-refractivity contribution in [3.8, 4) is 0 Å². The third-order valence-corrected chi connectivity index (χ3v) is 4.41. The average molecular weight is 285 g/mol. The molecule has 1 aliphatic carbocycles. The SMILES string of the molecule is Nc1ccc(S(N)(=O)=O)cc1NCC1(O)CCCC1. The number of hydrogen-bond acceptors (Lipinski definition) is 5. The van der Waals surface area contributed by atoms with Crippen LogP contribution in [-0.4, -0.2) is 25.7 Å². The number of nitrogens with one attached hydrogen (secondary N) is 1. The first-order chi connectivity index (χ1) is 8.80. The van der Waals surface area contributed by atoms with E-state index in [0.717, 1.165) is 25.7 Å². The lowest BCUT2D eigenvalue weighted by Gasteiger charge is -2.23. The van der Waals surface area contributed by atoms with E-state index in [9.17, 15) is 13.5 Å². The molecule has 6 N–H and O–H groups in total. The lowest BCUT2D eigenvalue weighted by Crippen LogP contribution is -2.33. The van der Waals surface area contributed by atoms with Crippen LogP contribution in [-0.2, 0) is 10.0 Å². The van der Waals surface area contributed by atoms with E-state index in [0.29, 0.717) is 17.9 Å². The number of anilines is 2. The Morgan fingerprint density at radius 3 is 2.53 bits per heavy atom. The molecule has 106 valence electrons. The smallest absolute Gasteiger partial charge is 0.238 e. The zero-order valence-electron chi connectivity index (χ0n) is 10.6. The van der Waals surface area contributed by atoms with Gasteiger partial charge < -0.3 is 16.2 Å². The molecule has 6 nitrogen and oxygen atoms in total. The van der Waals surface area contributed by atoms with Crippen LogP contribution in [0.4, 0.5) is 11.4 Å². The Hall–Kier alpha value is -1.31. The topological polar surface area (TPSA) is 118 Å². The van der Waals surface area contributed by atoms with Crippen molar-refractivity contribution in [3.63, 3.8) is 0 Å². The molecule has 0 aromatic heterocycles. The Balaban J connectivity index is 2.15. The molecular formula is C12H19N3O3S. The van der Waals surface area contributed by atoms with E-state index in [1.807, 2.05) is 0 Å². The van der Waals surface area contributed by atoms with Gasteiger partial charge in [0.15, 0.2) is 0 Å². The minimum atomic E-state index is -3.75. The van der Waals surface area contributed by atoms with Gasteiger partial charge in [-0.05, 0) is 31.0 Å². The molecule has 1 aliphatic rings. The van der Waals surface area contributed by atoms with E-state index < -0.39 is 15.6 Å². The Labute approximate surface area is 112 Å². The average Bonchev–Trinajstić information content (AvgIpc) is 2.74. The second-order valence-electron chi connectivity index (χ2n) is 5.08. The maximum absolute atomic E-state index is 11.3. The normalized spacial score (nSPS) is 18.4. The summed E-state index contributed by atoms with van der Waals surface area (Å²) < 4.78 is 22.6. The Morgan fingerprint density at radius 1 is 1.32 bits per heavy atom. The summed E-state index contributed by atoms with van der Waals surface area (Å²) in [4.78, 5) is 0.00242. The van der Waals surface area contributed by atoms with Crippen LogP contribution in [0.5, 0.6) is 0 Å². The van der Waals surface area contributed by atoms with E-state index in [1.165, 1.54) is 18.2 Å². The van der Waals surface area contributed by atoms with Gasteiger partial charge in [-0.2, -0.15) is 0 Å². The van der Waals surface area contributed by atoms with Gasteiger partial charge in [0.05, 0.1) is 21.9 Å². The van der Waals surface area contributed by atoms with Gasteiger partial charge in [-0.1, -0.05) is 12.8 Å². The van der Waals surface area contributed by atoms with Crippen LogP contribution in [0.1, 0.15) is 25.7 Å². The predicted octanol–water partition coefficient (Wildman–Crippen LogP) is 0.633. The molecule has 0 bridgehead atoms. The van der Waals surface area contributed by atoms with E-state index in [-0.39, 0.29) is 4.90 Å². The molecular weight excluding hydrogens is 266 g/mol. The molecule has 0 heterocycles. The lowest BCUT2D eigenvalue weighted by molar-refractivity contribution is 0.0615. The van der Waals surface area contributed by atoms with Crippen molar-refractivity contribution >= 4 is 21.4 Å². The number of benzene rings is 1. The van der Waals surface area contributed by atoms with E-state index >= 15 is 0 Å². The Bertz CT molecular complexity index is 566. The van der Waals surface area contributed by atoms with Crippen molar-refractivity contribution in [2.24, 2.45) is 5.14 Å². The van der Waals surface area contributed by atoms with Crippen LogP contribution >= 0.6 is 0 Å². The van der Waals surface area contributed by atoms with Crippen molar-refractivity contribution in [1.82, 2.24) is 0 Å². The number of primary sulfonamides is 1. The standard InChI is InChI=1S/C12H19N3O3S/c13-10-4-3-9(19(14,17)18)7-11(10)15-8-12(16)5-1-2-6-12/h3-4,7,15-16H,1-2,5-6,8,13H2,(H2,14,17,18). The van der Waals surface area contributed by atoms with Gasteiger partial charge in [-0.25, -0.2) is 13.6 Å². The molecule has 19 heavy (non-hydrogen) atoms. The summed E-state index contributed by atoms with van der Waals surface area (Å²) in [6.07, 6.45) is 3.50. The maximum atomic E-state index is 11.3. The summed E-state index contributed by atoms with van der Waals surface area (Å²) in [5.41, 5.74) is 5.95. The fourth-order valence-corrected chi connectivity index (χ4v) is 2.87. The molecule has 1 saturated carbocycles. The quantitative estimate of drug-likeness (QED) is 0.605. The van der Waals surface area contributed by atoms with Crippen LogP contribution in [0.3, 0.4) is 0 Å². The third-order valence-electron chi connectivity index (χ3n) is 3.50. The second-order valence-corrected chi connectivity index (χ2v) is 6.64. The fraction of sp³-hybridized carbons (Fsp3) is 0.500. The number of hydrogen-bond donors (Lipinski definition) is 4. The molecule has 7 heteroatoms. The third kappa shape index (κ3) is 3.37. The molecule has 0 radical (unpaired) electrons. The van der Waals surface area contributed by atoms with Gasteiger partial charge in [0.1, 0.15) is 0 Å². The van der Waals surface area contributed by atoms with Crippen LogP contribution in [0.15, 0.2) is 23.1 Å². The first-order valence-electron chi connectivity index (χ1n) is 6.19. The van der Waals surface area contributed by atoms with E-state index in [2.05, 4.69) is 5.32 Å². The molecule has 0 atom stereocenters. The number of nitrogen functional groups attached to an aromatic ring is 1.